The third-order valence-corrected chi connectivity index (χ3v) is 4.02. The molecule has 2 rings (SSSR count). The van der Waals surface area contributed by atoms with E-state index in [2.05, 4.69) is 5.32 Å². The van der Waals surface area contributed by atoms with Crippen molar-refractivity contribution in [2.75, 3.05) is 36.5 Å². The van der Waals surface area contributed by atoms with Crippen LogP contribution in [0.1, 0.15) is 0 Å². The minimum Gasteiger partial charge on any atom is -0.376 e. The summed E-state index contributed by atoms with van der Waals surface area (Å²) in [6.07, 6.45) is 0. The summed E-state index contributed by atoms with van der Waals surface area (Å²) in [7, 11) is -0.732. The van der Waals surface area contributed by atoms with Gasteiger partial charge in [0.05, 0.1) is 6.54 Å². The molecule has 1 aromatic carbocycles. The van der Waals surface area contributed by atoms with Gasteiger partial charge < -0.3 is 10.2 Å². The zero-order chi connectivity index (χ0) is 12.1. The second-order valence-corrected chi connectivity index (χ2v) is 5.64. The van der Waals surface area contributed by atoms with Crippen molar-refractivity contribution in [3.8, 4) is 0 Å². The fraction of sp³-hybridized carbons (Fsp3) is 0.417. The summed E-state index contributed by atoms with van der Waals surface area (Å²) in [5.41, 5.74) is 0.946. The number of anilines is 1. The van der Waals surface area contributed by atoms with E-state index >= 15 is 0 Å². The maximum Gasteiger partial charge on any atom is 0.241 e. The number of benzene rings is 1. The Bertz CT molecular complexity index is 398. The van der Waals surface area contributed by atoms with E-state index in [1.165, 1.54) is 0 Å². The van der Waals surface area contributed by atoms with Crippen LogP contribution < -0.4 is 5.32 Å². The van der Waals surface area contributed by atoms with Crippen molar-refractivity contribution >= 4 is 22.4 Å². The monoisotopic (exact) mass is 252 g/mol. The summed E-state index contributed by atoms with van der Waals surface area (Å²) in [4.78, 5) is 13.6. The number of nitrogens with zero attached hydrogens (tertiary/aromatic N) is 1. The molecule has 4 nitrogen and oxygen atoms in total. The summed E-state index contributed by atoms with van der Waals surface area (Å²) < 4.78 is 11.2. The third-order valence-electron chi connectivity index (χ3n) is 2.75. The third kappa shape index (κ3) is 3.56. The van der Waals surface area contributed by atoms with E-state index in [4.69, 9.17) is 0 Å². The molecule has 1 saturated heterocycles. The van der Waals surface area contributed by atoms with Gasteiger partial charge in [-0.1, -0.05) is 18.2 Å². The Labute approximate surface area is 103 Å². The zero-order valence-electron chi connectivity index (χ0n) is 9.59. The molecule has 1 N–H and O–H groups in total. The Morgan fingerprint density at radius 2 is 1.88 bits per heavy atom. The van der Waals surface area contributed by atoms with Crippen LogP contribution in [0.25, 0.3) is 0 Å². The van der Waals surface area contributed by atoms with Crippen LogP contribution in [0.2, 0.25) is 0 Å². The molecule has 5 heteroatoms. The molecule has 0 atom stereocenters. The minimum atomic E-state index is -0.732. The summed E-state index contributed by atoms with van der Waals surface area (Å²) in [6.45, 7) is 1.53. The van der Waals surface area contributed by atoms with Gasteiger partial charge in [-0.15, -0.1) is 0 Å². The molecule has 92 valence electrons. The molecule has 0 unspecified atom stereocenters. The highest BCUT2D eigenvalue weighted by molar-refractivity contribution is 7.85. The number of carbonyl (C=O) groups is 1. The van der Waals surface area contributed by atoms with Gasteiger partial charge in [0.2, 0.25) is 5.91 Å². The zero-order valence-corrected chi connectivity index (χ0v) is 10.4. The smallest absolute Gasteiger partial charge is 0.241 e. The highest BCUT2D eigenvalue weighted by atomic mass is 32.2. The number of hydrogen-bond acceptors (Lipinski definition) is 3. The van der Waals surface area contributed by atoms with Crippen LogP contribution in [0.15, 0.2) is 30.3 Å². The number of hydrogen-bond donors (Lipinski definition) is 1. The normalized spacial score (nSPS) is 16.8. The van der Waals surface area contributed by atoms with E-state index in [9.17, 15) is 9.00 Å². The molecule has 17 heavy (non-hydrogen) atoms. The highest BCUT2D eigenvalue weighted by Gasteiger charge is 2.19. The van der Waals surface area contributed by atoms with Gasteiger partial charge in [-0.05, 0) is 12.1 Å². The largest absolute Gasteiger partial charge is 0.376 e. The Morgan fingerprint density at radius 1 is 1.24 bits per heavy atom. The van der Waals surface area contributed by atoms with Crippen molar-refractivity contribution in [2.24, 2.45) is 0 Å². The Morgan fingerprint density at radius 3 is 2.53 bits per heavy atom. The number of rotatable bonds is 3. The molecule has 1 aliphatic heterocycles. The van der Waals surface area contributed by atoms with Gasteiger partial charge in [0.1, 0.15) is 0 Å². The fourth-order valence-electron chi connectivity index (χ4n) is 1.73. The highest BCUT2D eigenvalue weighted by Crippen LogP contribution is 2.05. The quantitative estimate of drug-likeness (QED) is 0.861. The summed E-state index contributed by atoms with van der Waals surface area (Å²) >= 11 is 0. The summed E-state index contributed by atoms with van der Waals surface area (Å²) in [5, 5.41) is 3.09. The van der Waals surface area contributed by atoms with Crippen molar-refractivity contribution in [2.45, 2.75) is 0 Å². The molecular formula is C12H16N2O2S. The van der Waals surface area contributed by atoms with Crippen LogP contribution in [0, 0.1) is 0 Å². The molecule has 0 bridgehead atoms. The van der Waals surface area contributed by atoms with Gasteiger partial charge in [-0.25, -0.2) is 0 Å². The molecule has 1 aliphatic rings. The minimum absolute atomic E-state index is 0.0746. The van der Waals surface area contributed by atoms with Crippen LogP contribution in [-0.4, -0.2) is 46.2 Å². The number of carbonyl (C=O) groups excluding carboxylic acids is 1. The maximum absolute atomic E-state index is 11.8. The summed E-state index contributed by atoms with van der Waals surface area (Å²) in [5.74, 6) is 1.29. The van der Waals surface area contributed by atoms with Crippen molar-refractivity contribution in [1.82, 2.24) is 4.90 Å². The SMILES string of the molecule is O=C(CNc1ccccc1)N1CCS(=O)CC1. The molecule has 1 aromatic rings. The first-order valence-electron chi connectivity index (χ1n) is 5.67. The van der Waals surface area contributed by atoms with Gasteiger partial charge in [0.25, 0.3) is 0 Å². The number of nitrogens with one attached hydrogen (secondary N) is 1. The molecule has 1 amide bonds. The molecule has 1 fully saturated rings. The molecule has 0 spiro atoms. The van der Waals surface area contributed by atoms with Crippen LogP contribution in [0.4, 0.5) is 5.69 Å². The van der Waals surface area contributed by atoms with E-state index in [1.807, 2.05) is 30.3 Å². The van der Waals surface area contributed by atoms with E-state index in [0.29, 0.717) is 31.1 Å². The lowest BCUT2D eigenvalue weighted by molar-refractivity contribution is -0.128. The van der Waals surface area contributed by atoms with Crippen molar-refractivity contribution in [1.29, 1.82) is 0 Å². The van der Waals surface area contributed by atoms with Crippen molar-refractivity contribution in [3.63, 3.8) is 0 Å². The Hall–Kier alpha value is -1.36. The van der Waals surface area contributed by atoms with E-state index in [0.717, 1.165) is 5.69 Å². The van der Waals surface area contributed by atoms with E-state index in [-0.39, 0.29) is 5.91 Å². The second-order valence-electron chi connectivity index (χ2n) is 3.95. The van der Waals surface area contributed by atoms with Crippen molar-refractivity contribution < 1.29 is 9.00 Å². The standard InChI is InChI=1S/C12H16N2O2S/c15-12(14-6-8-17(16)9-7-14)10-13-11-4-2-1-3-5-11/h1-5,13H,6-10H2. The lowest BCUT2D eigenvalue weighted by atomic mass is 10.3. The molecule has 0 saturated carbocycles. The molecule has 1 heterocycles. The van der Waals surface area contributed by atoms with Gasteiger partial charge in [-0.3, -0.25) is 9.00 Å². The first-order valence-corrected chi connectivity index (χ1v) is 7.16. The predicted octanol–water partition coefficient (Wildman–Crippen LogP) is 0.689. The second kappa shape index (κ2) is 5.82. The first kappa shape index (κ1) is 12.1. The van der Waals surface area contributed by atoms with Crippen LogP contribution in [-0.2, 0) is 15.6 Å². The average molecular weight is 252 g/mol. The predicted molar refractivity (Wildman–Crippen MR) is 69.4 cm³/mol. The van der Waals surface area contributed by atoms with E-state index < -0.39 is 10.8 Å². The van der Waals surface area contributed by atoms with Crippen LogP contribution in [0.3, 0.4) is 0 Å². The molecule has 0 aliphatic carbocycles. The van der Waals surface area contributed by atoms with E-state index in [1.54, 1.807) is 4.90 Å². The fourth-order valence-corrected chi connectivity index (χ4v) is 2.78. The number of amides is 1. The van der Waals surface area contributed by atoms with Crippen molar-refractivity contribution in [3.05, 3.63) is 30.3 Å². The Balaban J connectivity index is 1.80. The molecular weight excluding hydrogens is 236 g/mol. The molecule has 0 aromatic heterocycles. The summed E-state index contributed by atoms with van der Waals surface area (Å²) in [6, 6.07) is 9.65. The first-order chi connectivity index (χ1) is 8.25. The lowest BCUT2D eigenvalue weighted by Crippen LogP contribution is -2.44. The topological polar surface area (TPSA) is 49.4 Å². The molecule has 0 radical (unpaired) electrons. The Kier molecular flexibility index (Phi) is 4.14. The van der Waals surface area contributed by atoms with Gasteiger partial charge >= 0.3 is 0 Å². The van der Waals surface area contributed by atoms with Gasteiger partial charge in [0, 0.05) is 41.1 Å². The maximum atomic E-state index is 11.8. The van der Waals surface area contributed by atoms with Gasteiger partial charge in [-0.2, -0.15) is 0 Å². The lowest BCUT2D eigenvalue weighted by Gasteiger charge is -2.26. The average Bonchev–Trinajstić information content (AvgIpc) is 2.38. The van der Waals surface area contributed by atoms with Crippen LogP contribution >= 0.6 is 0 Å². The number of para-hydroxylation sites is 1. The van der Waals surface area contributed by atoms with Crippen LogP contribution in [0.5, 0.6) is 0 Å². The van der Waals surface area contributed by atoms with Gasteiger partial charge in [0.15, 0.2) is 0 Å².